The molecule has 1 atom stereocenters. The second kappa shape index (κ2) is 8.06. The summed E-state index contributed by atoms with van der Waals surface area (Å²) in [6.07, 6.45) is 1.02. The summed E-state index contributed by atoms with van der Waals surface area (Å²) in [6, 6.07) is 6.94. The number of imide groups is 1. The summed E-state index contributed by atoms with van der Waals surface area (Å²) >= 11 is 0. The minimum Gasteiger partial charge on any atom is -0.490 e. The SMILES string of the molecule is COCc1ccc(OC2CCN(S(=O)(=O)C[C@@]3(C)NC(=O)NC3=O)CC2)cc1. The topological polar surface area (TPSA) is 114 Å². The van der Waals surface area contributed by atoms with Gasteiger partial charge in [0.2, 0.25) is 10.0 Å². The van der Waals surface area contributed by atoms with E-state index in [9.17, 15) is 18.0 Å². The fraction of sp³-hybridized carbons (Fsp3) is 0.556. The summed E-state index contributed by atoms with van der Waals surface area (Å²) < 4.78 is 37.8. The Balaban J connectivity index is 1.54. The Morgan fingerprint density at radius 1 is 1.18 bits per heavy atom. The molecule has 0 bridgehead atoms. The zero-order valence-electron chi connectivity index (χ0n) is 15.9. The Morgan fingerprint density at radius 2 is 1.82 bits per heavy atom. The van der Waals surface area contributed by atoms with Crippen molar-refractivity contribution >= 4 is 22.0 Å². The Labute approximate surface area is 164 Å². The van der Waals surface area contributed by atoms with Crippen molar-refractivity contribution in [1.82, 2.24) is 14.9 Å². The van der Waals surface area contributed by atoms with E-state index in [0.717, 1.165) is 11.3 Å². The zero-order valence-corrected chi connectivity index (χ0v) is 16.8. The molecule has 2 saturated heterocycles. The first-order chi connectivity index (χ1) is 13.2. The number of sulfonamides is 1. The van der Waals surface area contributed by atoms with Gasteiger partial charge in [-0.25, -0.2) is 17.5 Å². The molecule has 2 fully saturated rings. The van der Waals surface area contributed by atoms with Gasteiger partial charge in [-0.3, -0.25) is 10.1 Å². The van der Waals surface area contributed by atoms with Gasteiger partial charge in [0.1, 0.15) is 17.4 Å². The van der Waals surface area contributed by atoms with E-state index in [1.807, 2.05) is 24.3 Å². The first-order valence-corrected chi connectivity index (χ1v) is 10.7. The molecule has 0 aliphatic carbocycles. The van der Waals surface area contributed by atoms with E-state index < -0.39 is 33.3 Å². The molecule has 0 radical (unpaired) electrons. The zero-order chi connectivity index (χ0) is 20.4. The number of piperidine rings is 1. The lowest BCUT2D eigenvalue weighted by atomic mass is 10.1. The lowest BCUT2D eigenvalue weighted by molar-refractivity contribution is -0.122. The standard InChI is InChI=1S/C18H25N3O6S/c1-18(16(22)19-17(23)20-18)12-28(24,25)21-9-7-15(8-10-21)27-14-5-3-13(4-6-14)11-26-2/h3-6,15H,7-12H2,1-2H3,(H2,19,20,22,23)/t18-/m1/s1. The summed E-state index contributed by atoms with van der Waals surface area (Å²) in [4.78, 5) is 23.2. The lowest BCUT2D eigenvalue weighted by Gasteiger charge is -2.33. The van der Waals surface area contributed by atoms with Crippen molar-refractivity contribution in [2.24, 2.45) is 0 Å². The number of hydrogen-bond donors (Lipinski definition) is 2. The molecule has 0 spiro atoms. The van der Waals surface area contributed by atoms with Crippen LogP contribution < -0.4 is 15.4 Å². The fourth-order valence-corrected chi connectivity index (χ4v) is 5.27. The first-order valence-electron chi connectivity index (χ1n) is 9.08. The predicted molar refractivity (Wildman–Crippen MR) is 101 cm³/mol. The van der Waals surface area contributed by atoms with Gasteiger partial charge < -0.3 is 14.8 Å². The van der Waals surface area contributed by atoms with Gasteiger partial charge in [0, 0.05) is 20.2 Å². The molecule has 28 heavy (non-hydrogen) atoms. The van der Waals surface area contributed by atoms with Crippen molar-refractivity contribution in [2.45, 2.75) is 38.0 Å². The summed E-state index contributed by atoms with van der Waals surface area (Å²) in [5.41, 5.74) is -0.403. The van der Waals surface area contributed by atoms with Crippen LogP contribution in [0.3, 0.4) is 0 Å². The van der Waals surface area contributed by atoms with Gasteiger partial charge in [-0.05, 0) is 37.5 Å². The lowest BCUT2D eigenvalue weighted by Crippen LogP contribution is -2.53. The third-order valence-corrected chi connectivity index (χ3v) is 7.01. The van der Waals surface area contributed by atoms with Gasteiger partial charge in [0.05, 0.1) is 12.4 Å². The van der Waals surface area contributed by atoms with Crippen LogP contribution in [-0.4, -0.2) is 62.3 Å². The molecule has 2 aliphatic heterocycles. The molecule has 1 aromatic rings. The highest BCUT2D eigenvalue weighted by Crippen LogP contribution is 2.23. The van der Waals surface area contributed by atoms with E-state index in [0.29, 0.717) is 32.5 Å². The molecule has 9 nitrogen and oxygen atoms in total. The molecule has 3 rings (SSSR count). The molecule has 2 heterocycles. The summed E-state index contributed by atoms with van der Waals surface area (Å²) in [5.74, 6) is -0.362. The summed E-state index contributed by atoms with van der Waals surface area (Å²) in [7, 11) is -2.06. The van der Waals surface area contributed by atoms with Crippen molar-refractivity contribution < 1.29 is 27.5 Å². The van der Waals surface area contributed by atoms with Gasteiger partial charge in [0.15, 0.2) is 0 Å². The number of nitrogens with one attached hydrogen (secondary N) is 2. The molecule has 0 saturated carbocycles. The Kier molecular flexibility index (Phi) is 5.92. The average molecular weight is 411 g/mol. The molecule has 3 amide bonds. The van der Waals surface area contributed by atoms with E-state index in [2.05, 4.69) is 10.6 Å². The van der Waals surface area contributed by atoms with E-state index in [4.69, 9.17) is 9.47 Å². The summed E-state index contributed by atoms with van der Waals surface area (Å²) in [5, 5.41) is 4.47. The molecule has 154 valence electrons. The average Bonchev–Trinajstić information content (AvgIpc) is 2.88. The number of methoxy groups -OCH3 is 1. The molecule has 2 aliphatic rings. The maximum atomic E-state index is 12.7. The van der Waals surface area contributed by atoms with Crippen molar-refractivity contribution in [3.05, 3.63) is 29.8 Å². The number of rotatable bonds is 7. The van der Waals surface area contributed by atoms with Crippen LogP contribution >= 0.6 is 0 Å². The molecule has 1 aromatic carbocycles. The maximum Gasteiger partial charge on any atom is 0.322 e. The number of ether oxygens (including phenoxy) is 2. The van der Waals surface area contributed by atoms with Crippen LogP contribution in [0.2, 0.25) is 0 Å². The molecular weight excluding hydrogens is 386 g/mol. The van der Waals surface area contributed by atoms with E-state index in [1.165, 1.54) is 11.2 Å². The van der Waals surface area contributed by atoms with E-state index in [-0.39, 0.29) is 6.10 Å². The number of benzene rings is 1. The Morgan fingerprint density at radius 3 is 2.36 bits per heavy atom. The number of carbonyl (C=O) groups is 2. The van der Waals surface area contributed by atoms with Crippen LogP contribution in [0.4, 0.5) is 4.79 Å². The van der Waals surface area contributed by atoms with Gasteiger partial charge in [-0.1, -0.05) is 12.1 Å². The quantitative estimate of drug-likeness (QED) is 0.636. The predicted octanol–water partition coefficient (Wildman–Crippen LogP) is 0.604. The second-order valence-corrected chi connectivity index (χ2v) is 9.26. The molecule has 10 heteroatoms. The Bertz CT molecular complexity index is 833. The highest BCUT2D eigenvalue weighted by Gasteiger charge is 2.46. The molecular formula is C18H25N3O6S. The highest BCUT2D eigenvalue weighted by molar-refractivity contribution is 7.89. The van der Waals surface area contributed by atoms with Gasteiger partial charge in [-0.15, -0.1) is 0 Å². The van der Waals surface area contributed by atoms with Gasteiger partial charge in [-0.2, -0.15) is 0 Å². The van der Waals surface area contributed by atoms with Crippen molar-refractivity contribution in [3.8, 4) is 5.75 Å². The number of hydrogen-bond acceptors (Lipinski definition) is 6. The van der Waals surface area contributed by atoms with E-state index >= 15 is 0 Å². The smallest absolute Gasteiger partial charge is 0.322 e. The normalized spacial score (nSPS) is 24.1. The van der Waals surface area contributed by atoms with Crippen molar-refractivity contribution in [1.29, 1.82) is 0 Å². The van der Waals surface area contributed by atoms with Crippen LogP contribution in [-0.2, 0) is 26.2 Å². The van der Waals surface area contributed by atoms with Crippen molar-refractivity contribution in [3.63, 3.8) is 0 Å². The third kappa shape index (κ3) is 4.62. The fourth-order valence-electron chi connectivity index (χ4n) is 3.39. The minimum atomic E-state index is -3.70. The highest BCUT2D eigenvalue weighted by atomic mass is 32.2. The van der Waals surface area contributed by atoms with Crippen LogP contribution in [0.1, 0.15) is 25.3 Å². The second-order valence-electron chi connectivity index (χ2n) is 7.29. The van der Waals surface area contributed by atoms with Gasteiger partial charge >= 0.3 is 6.03 Å². The summed E-state index contributed by atoms with van der Waals surface area (Å²) in [6.45, 7) is 2.56. The third-order valence-electron chi connectivity index (χ3n) is 4.92. The van der Waals surface area contributed by atoms with Crippen LogP contribution in [0, 0.1) is 0 Å². The maximum absolute atomic E-state index is 12.7. The Hall–Kier alpha value is -2.17. The number of urea groups is 1. The van der Waals surface area contributed by atoms with Crippen LogP contribution in [0.15, 0.2) is 24.3 Å². The monoisotopic (exact) mass is 411 g/mol. The minimum absolute atomic E-state index is 0.0789. The molecule has 0 aromatic heterocycles. The molecule has 0 unspecified atom stereocenters. The first kappa shape index (κ1) is 20.6. The number of carbonyl (C=O) groups excluding carboxylic acids is 2. The number of nitrogens with zero attached hydrogens (tertiary/aromatic N) is 1. The van der Waals surface area contributed by atoms with Crippen LogP contribution in [0.5, 0.6) is 5.75 Å². The largest absolute Gasteiger partial charge is 0.490 e. The van der Waals surface area contributed by atoms with Crippen molar-refractivity contribution in [2.75, 3.05) is 26.0 Å². The van der Waals surface area contributed by atoms with Gasteiger partial charge in [0.25, 0.3) is 5.91 Å². The number of amides is 3. The van der Waals surface area contributed by atoms with Crippen LogP contribution in [0.25, 0.3) is 0 Å². The van der Waals surface area contributed by atoms with E-state index in [1.54, 1.807) is 7.11 Å². The molecule has 2 N–H and O–H groups in total.